The molecule has 208 valence electrons. The molecular formula is C30H32ClFIN7. The molecule has 0 spiro atoms. The first-order valence-electron chi connectivity index (χ1n) is 13.4. The largest absolute Gasteiger partial charge is 0.383 e. The molecule has 0 amide bonds. The van der Waals surface area contributed by atoms with Crippen molar-refractivity contribution in [1.29, 1.82) is 0 Å². The molecule has 7 nitrogen and oxygen atoms in total. The summed E-state index contributed by atoms with van der Waals surface area (Å²) in [5, 5.41) is 10.8. The molecule has 3 heterocycles. The normalized spacial score (nSPS) is 22.4. The first kappa shape index (κ1) is 27.4. The number of hydrogen-bond acceptors (Lipinski definition) is 7. The van der Waals surface area contributed by atoms with Gasteiger partial charge in [0.05, 0.1) is 39.1 Å². The van der Waals surface area contributed by atoms with Gasteiger partial charge in [0.15, 0.2) is 0 Å². The van der Waals surface area contributed by atoms with Gasteiger partial charge in [-0.1, -0.05) is 44.4 Å². The maximum atomic E-state index is 14.0. The Morgan fingerprint density at radius 3 is 2.67 bits per heavy atom. The summed E-state index contributed by atoms with van der Waals surface area (Å²) < 4.78 is 15.1. The van der Waals surface area contributed by atoms with Gasteiger partial charge in [0, 0.05) is 35.1 Å². The van der Waals surface area contributed by atoms with Crippen LogP contribution in [-0.2, 0) is 0 Å². The van der Waals surface area contributed by atoms with E-state index >= 15 is 0 Å². The van der Waals surface area contributed by atoms with E-state index in [9.17, 15) is 4.39 Å². The molecule has 0 saturated heterocycles. The maximum absolute atomic E-state index is 14.0. The number of anilines is 2. The molecule has 1 aliphatic heterocycles. The SMILES string of the molecule is C#Cc1cnc2c(Cl)cc(N[C@H](C3=C(I)N(C45CC(C4)C5)NN3)c3ccc(F)nc3C)cc2c1NCC(C)(C)C. The third-order valence-electron chi connectivity index (χ3n) is 8.08. The molecule has 10 heteroatoms. The lowest BCUT2D eigenvalue weighted by atomic mass is 9.49. The summed E-state index contributed by atoms with van der Waals surface area (Å²) in [5.74, 6) is 3.10. The highest BCUT2D eigenvalue weighted by molar-refractivity contribution is 14.1. The number of benzene rings is 1. The molecule has 3 fully saturated rings. The average molecular weight is 672 g/mol. The van der Waals surface area contributed by atoms with Crippen LogP contribution in [0.25, 0.3) is 10.9 Å². The Balaban J connectivity index is 1.43. The Hall–Kier alpha value is -2.81. The van der Waals surface area contributed by atoms with Crippen LogP contribution < -0.4 is 21.6 Å². The molecular weight excluding hydrogens is 640 g/mol. The zero-order chi connectivity index (χ0) is 28.4. The van der Waals surface area contributed by atoms with Crippen molar-refractivity contribution < 1.29 is 4.39 Å². The number of aromatic nitrogens is 2. The van der Waals surface area contributed by atoms with Crippen LogP contribution >= 0.6 is 34.2 Å². The number of pyridine rings is 2. The molecule has 3 aromatic rings. The molecule has 3 saturated carbocycles. The van der Waals surface area contributed by atoms with E-state index in [4.69, 9.17) is 18.0 Å². The van der Waals surface area contributed by atoms with Gasteiger partial charge in [0.1, 0.15) is 3.70 Å². The van der Waals surface area contributed by atoms with Crippen molar-refractivity contribution in [2.75, 3.05) is 17.2 Å². The molecule has 40 heavy (non-hydrogen) atoms. The summed E-state index contributed by atoms with van der Waals surface area (Å²) in [4.78, 5) is 8.70. The van der Waals surface area contributed by atoms with Crippen molar-refractivity contribution in [1.82, 2.24) is 25.9 Å². The van der Waals surface area contributed by atoms with Crippen LogP contribution in [-0.4, -0.2) is 27.1 Å². The second kappa shape index (κ2) is 9.93. The third-order valence-corrected chi connectivity index (χ3v) is 9.43. The number of hydrazine groups is 2. The highest BCUT2D eigenvalue weighted by Gasteiger charge is 2.62. The van der Waals surface area contributed by atoms with Gasteiger partial charge in [-0.05, 0) is 78.3 Å². The van der Waals surface area contributed by atoms with Crippen molar-refractivity contribution in [3.8, 4) is 12.3 Å². The number of terminal acetylenes is 1. The highest BCUT2D eigenvalue weighted by atomic mass is 127. The Labute approximate surface area is 252 Å². The zero-order valence-electron chi connectivity index (χ0n) is 22.9. The Morgan fingerprint density at radius 2 is 2.05 bits per heavy atom. The van der Waals surface area contributed by atoms with Crippen molar-refractivity contribution in [2.24, 2.45) is 11.3 Å². The zero-order valence-corrected chi connectivity index (χ0v) is 25.8. The molecule has 2 aromatic heterocycles. The van der Waals surface area contributed by atoms with Crippen LogP contribution in [0.3, 0.4) is 0 Å². The molecule has 1 atom stereocenters. The summed E-state index contributed by atoms with van der Waals surface area (Å²) in [7, 11) is 0. The summed E-state index contributed by atoms with van der Waals surface area (Å²) in [6.45, 7) is 9.04. The van der Waals surface area contributed by atoms with Crippen molar-refractivity contribution in [3.63, 3.8) is 0 Å². The fraction of sp³-hybridized carbons (Fsp3) is 0.400. The van der Waals surface area contributed by atoms with Crippen molar-refractivity contribution >= 4 is 56.5 Å². The summed E-state index contributed by atoms with van der Waals surface area (Å²) in [5.41, 5.74) is 12.4. The van der Waals surface area contributed by atoms with Gasteiger partial charge in [-0.3, -0.25) is 9.99 Å². The van der Waals surface area contributed by atoms with E-state index in [-0.39, 0.29) is 17.0 Å². The molecule has 7 rings (SSSR count). The lowest BCUT2D eigenvalue weighted by Crippen LogP contribution is -2.70. The molecule has 0 radical (unpaired) electrons. The van der Waals surface area contributed by atoms with Gasteiger partial charge >= 0.3 is 0 Å². The van der Waals surface area contributed by atoms with Gasteiger partial charge in [0.2, 0.25) is 5.95 Å². The first-order valence-corrected chi connectivity index (χ1v) is 14.9. The molecule has 2 bridgehead atoms. The number of aryl methyl sites for hydroxylation is 1. The number of halogens is 3. The second-order valence-electron chi connectivity index (χ2n) is 12.3. The number of nitrogens with one attached hydrogen (secondary N) is 4. The predicted octanol–water partition coefficient (Wildman–Crippen LogP) is 6.80. The lowest BCUT2D eigenvalue weighted by molar-refractivity contribution is -0.142. The van der Waals surface area contributed by atoms with E-state index in [2.05, 4.69) is 85.9 Å². The van der Waals surface area contributed by atoms with Gasteiger partial charge in [0.25, 0.3) is 0 Å². The quantitative estimate of drug-likeness (QED) is 0.0953. The van der Waals surface area contributed by atoms with E-state index in [0.29, 0.717) is 21.8 Å². The minimum atomic E-state index is -0.507. The number of fused-ring (bicyclic) bond motifs is 1. The molecule has 0 unspecified atom stereocenters. The van der Waals surface area contributed by atoms with Crippen molar-refractivity contribution in [2.45, 2.75) is 58.5 Å². The van der Waals surface area contributed by atoms with E-state index in [1.165, 1.54) is 25.3 Å². The van der Waals surface area contributed by atoms with Crippen LogP contribution in [0.4, 0.5) is 15.8 Å². The smallest absolute Gasteiger partial charge is 0.213 e. The van der Waals surface area contributed by atoms with Crippen LogP contribution in [0.15, 0.2) is 39.9 Å². The fourth-order valence-electron chi connectivity index (χ4n) is 5.88. The van der Waals surface area contributed by atoms with Crippen molar-refractivity contribution in [3.05, 3.63) is 67.7 Å². The monoisotopic (exact) mass is 671 g/mol. The van der Waals surface area contributed by atoms with E-state index < -0.39 is 5.95 Å². The Bertz CT molecular complexity index is 1570. The topological polar surface area (TPSA) is 77.1 Å². The molecule has 3 aliphatic carbocycles. The third kappa shape index (κ3) is 4.74. The first-order chi connectivity index (χ1) is 19.0. The second-order valence-corrected chi connectivity index (χ2v) is 13.8. The van der Waals surface area contributed by atoms with Gasteiger partial charge < -0.3 is 16.1 Å². The average Bonchev–Trinajstić information content (AvgIpc) is 3.19. The summed E-state index contributed by atoms with van der Waals surface area (Å²) >= 11 is 9.21. The minimum Gasteiger partial charge on any atom is -0.383 e. The summed E-state index contributed by atoms with van der Waals surface area (Å²) in [6, 6.07) is 6.72. The lowest BCUT2D eigenvalue weighted by Gasteiger charge is -2.65. The minimum absolute atomic E-state index is 0.0376. The molecule has 4 N–H and O–H groups in total. The maximum Gasteiger partial charge on any atom is 0.213 e. The van der Waals surface area contributed by atoms with Crippen LogP contribution in [0.5, 0.6) is 0 Å². The van der Waals surface area contributed by atoms with E-state index in [0.717, 1.165) is 44.2 Å². The fourth-order valence-corrected chi connectivity index (χ4v) is 7.22. The molecule has 1 aromatic carbocycles. The Kier molecular flexibility index (Phi) is 6.79. The number of rotatable bonds is 7. The van der Waals surface area contributed by atoms with Crippen LogP contribution in [0, 0.1) is 36.5 Å². The highest BCUT2D eigenvalue weighted by Crippen LogP contribution is 2.62. The van der Waals surface area contributed by atoms with Gasteiger partial charge in [-0.2, -0.15) is 4.39 Å². The van der Waals surface area contributed by atoms with Crippen LogP contribution in [0.1, 0.15) is 62.9 Å². The van der Waals surface area contributed by atoms with E-state index in [1.54, 1.807) is 12.3 Å². The van der Waals surface area contributed by atoms with Gasteiger partial charge in [-0.25, -0.2) is 4.98 Å². The van der Waals surface area contributed by atoms with Crippen LogP contribution in [0.2, 0.25) is 5.02 Å². The summed E-state index contributed by atoms with van der Waals surface area (Å²) in [6.07, 6.45) is 11.1. The predicted molar refractivity (Wildman–Crippen MR) is 167 cm³/mol. The van der Waals surface area contributed by atoms with Gasteiger partial charge in [-0.15, -0.1) is 12.0 Å². The Morgan fingerprint density at radius 1 is 1.30 bits per heavy atom. The standard InChI is InChI=1S/C30H32ClFIN7/c1-6-18-14-34-25-21(24(18)35-15-29(3,4)5)9-19(10-22(25)31)37-26(20-7-8-23(32)36-16(20)2)27-28(33)40(39-38-27)30-11-17(12-30)13-30/h1,7-10,14,17,26,37-39H,11-13,15H2,2-5H3,(H,34,35)/t17?,26-,30?/m0/s1. The number of hydrogen-bond donors (Lipinski definition) is 4. The number of nitrogens with zero attached hydrogens (tertiary/aromatic N) is 3. The molecule has 4 aliphatic rings. The van der Waals surface area contributed by atoms with E-state index in [1.807, 2.05) is 19.1 Å².